The van der Waals surface area contributed by atoms with Crippen LogP contribution in [0, 0.1) is 0 Å². The van der Waals surface area contributed by atoms with E-state index >= 15 is 0 Å². The second kappa shape index (κ2) is 5.91. The molecule has 98 valence electrons. The summed E-state index contributed by atoms with van der Waals surface area (Å²) >= 11 is 5.28. The molecule has 0 aromatic heterocycles. The van der Waals surface area contributed by atoms with Crippen molar-refractivity contribution in [1.82, 2.24) is 5.32 Å². The summed E-state index contributed by atoms with van der Waals surface area (Å²) in [5.74, 6) is 1.51. The predicted octanol–water partition coefficient (Wildman–Crippen LogP) is 2.54. The molecule has 0 spiro atoms. The maximum atomic E-state index is 5.29. The summed E-state index contributed by atoms with van der Waals surface area (Å²) in [5.41, 5.74) is 0.814. The van der Waals surface area contributed by atoms with Crippen molar-refractivity contribution in [3.63, 3.8) is 0 Å². The maximum Gasteiger partial charge on any atom is 0.171 e. The van der Waals surface area contributed by atoms with Crippen LogP contribution in [0.4, 0.5) is 5.69 Å². The molecule has 5 heteroatoms. The second-order valence-electron chi connectivity index (χ2n) is 4.29. The van der Waals surface area contributed by atoms with Crippen molar-refractivity contribution in [3.8, 4) is 11.5 Å². The summed E-state index contributed by atoms with van der Waals surface area (Å²) in [6.45, 7) is 0. The monoisotopic (exact) mass is 266 g/mol. The number of benzene rings is 1. The molecule has 0 heterocycles. The lowest BCUT2D eigenvalue weighted by Crippen LogP contribution is -2.41. The van der Waals surface area contributed by atoms with Gasteiger partial charge in [0.05, 0.1) is 19.9 Å². The number of nitrogens with one attached hydrogen (secondary N) is 2. The Bertz CT molecular complexity index is 433. The number of rotatable bonds is 4. The zero-order valence-corrected chi connectivity index (χ0v) is 11.5. The summed E-state index contributed by atoms with van der Waals surface area (Å²) in [4.78, 5) is 0. The standard InChI is InChI=1S/C13H18N2O2S/c1-16-10-6-7-12(17-2)11(8-10)15-13(18)14-9-4-3-5-9/h6-9H,3-5H2,1-2H3,(H2,14,15,18). The molecule has 1 fully saturated rings. The summed E-state index contributed by atoms with van der Waals surface area (Å²) < 4.78 is 10.5. The van der Waals surface area contributed by atoms with Gasteiger partial charge in [-0.05, 0) is 43.6 Å². The van der Waals surface area contributed by atoms with Crippen LogP contribution in [0.1, 0.15) is 19.3 Å². The first-order chi connectivity index (χ1) is 8.72. The van der Waals surface area contributed by atoms with Gasteiger partial charge in [0.15, 0.2) is 5.11 Å². The molecule has 0 amide bonds. The molecule has 0 saturated heterocycles. The van der Waals surface area contributed by atoms with Gasteiger partial charge in [-0.1, -0.05) is 0 Å². The van der Waals surface area contributed by atoms with Crippen LogP contribution in [0.25, 0.3) is 0 Å². The fourth-order valence-electron chi connectivity index (χ4n) is 1.81. The van der Waals surface area contributed by atoms with Crippen molar-refractivity contribution in [2.24, 2.45) is 0 Å². The van der Waals surface area contributed by atoms with Gasteiger partial charge in [0.25, 0.3) is 0 Å². The predicted molar refractivity (Wildman–Crippen MR) is 76.5 cm³/mol. The van der Waals surface area contributed by atoms with Crippen molar-refractivity contribution in [1.29, 1.82) is 0 Å². The van der Waals surface area contributed by atoms with Crippen molar-refractivity contribution >= 4 is 23.0 Å². The molecule has 0 atom stereocenters. The average molecular weight is 266 g/mol. The number of ether oxygens (including phenoxy) is 2. The minimum Gasteiger partial charge on any atom is -0.497 e. The molecule has 18 heavy (non-hydrogen) atoms. The van der Waals surface area contributed by atoms with Gasteiger partial charge >= 0.3 is 0 Å². The van der Waals surface area contributed by atoms with E-state index in [1.165, 1.54) is 19.3 Å². The van der Waals surface area contributed by atoms with Crippen molar-refractivity contribution < 1.29 is 9.47 Å². The van der Waals surface area contributed by atoms with Crippen molar-refractivity contribution in [2.75, 3.05) is 19.5 Å². The van der Waals surface area contributed by atoms with Crippen LogP contribution in [-0.2, 0) is 0 Å². The lowest BCUT2D eigenvalue weighted by atomic mass is 9.93. The van der Waals surface area contributed by atoms with Crippen LogP contribution < -0.4 is 20.1 Å². The quantitative estimate of drug-likeness (QED) is 0.820. The number of hydrogen-bond acceptors (Lipinski definition) is 3. The van der Waals surface area contributed by atoms with Gasteiger partial charge in [-0.15, -0.1) is 0 Å². The molecule has 1 aliphatic rings. The fourth-order valence-corrected chi connectivity index (χ4v) is 2.08. The van der Waals surface area contributed by atoms with E-state index in [1.54, 1.807) is 14.2 Å². The highest BCUT2D eigenvalue weighted by molar-refractivity contribution is 7.80. The fraction of sp³-hybridized carbons (Fsp3) is 0.462. The van der Waals surface area contributed by atoms with Crippen LogP contribution in [0.15, 0.2) is 18.2 Å². The molecule has 4 nitrogen and oxygen atoms in total. The van der Waals surface area contributed by atoms with Gasteiger partial charge in [-0.3, -0.25) is 0 Å². The molecule has 0 bridgehead atoms. The molecule has 2 N–H and O–H groups in total. The van der Waals surface area contributed by atoms with Gasteiger partial charge in [0.2, 0.25) is 0 Å². The van der Waals surface area contributed by atoms with Crippen LogP contribution in [-0.4, -0.2) is 25.4 Å². The highest BCUT2D eigenvalue weighted by atomic mass is 32.1. The first kappa shape index (κ1) is 13.0. The first-order valence-corrected chi connectivity index (χ1v) is 6.43. The summed E-state index contributed by atoms with van der Waals surface area (Å²) in [6.07, 6.45) is 3.66. The van der Waals surface area contributed by atoms with Gasteiger partial charge in [0, 0.05) is 12.1 Å². The minimum absolute atomic E-state index is 0.515. The van der Waals surface area contributed by atoms with Crippen molar-refractivity contribution in [3.05, 3.63) is 18.2 Å². The molecule has 1 aromatic rings. The Kier molecular flexibility index (Phi) is 4.25. The number of thiocarbonyl (C=S) groups is 1. The smallest absolute Gasteiger partial charge is 0.171 e. The van der Waals surface area contributed by atoms with E-state index in [4.69, 9.17) is 21.7 Å². The molecule has 0 unspecified atom stereocenters. The van der Waals surface area contributed by atoms with Crippen LogP contribution in [0.5, 0.6) is 11.5 Å². The maximum absolute atomic E-state index is 5.29. The molecule has 1 aliphatic carbocycles. The number of hydrogen-bond donors (Lipinski definition) is 2. The summed E-state index contributed by atoms with van der Waals surface area (Å²) in [7, 11) is 3.27. The molecular weight excluding hydrogens is 248 g/mol. The van der Waals surface area contributed by atoms with E-state index in [-0.39, 0.29) is 0 Å². The van der Waals surface area contributed by atoms with E-state index < -0.39 is 0 Å². The zero-order valence-electron chi connectivity index (χ0n) is 10.7. The van der Waals surface area contributed by atoms with E-state index in [0.29, 0.717) is 11.2 Å². The lowest BCUT2D eigenvalue weighted by molar-refractivity contribution is 0.384. The number of anilines is 1. The summed E-state index contributed by atoms with van der Waals surface area (Å²) in [6, 6.07) is 6.09. The third-order valence-electron chi connectivity index (χ3n) is 3.10. The van der Waals surface area contributed by atoms with E-state index in [1.807, 2.05) is 18.2 Å². The Balaban J connectivity index is 2.03. The Hall–Kier alpha value is -1.49. The minimum atomic E-state index is 0.515. The van der Waals surface area contributed by atoms with Crippen LogP contribution in [0.3, 0.4) is 0 Å². The Labute approximate surface area is 113 Å². The van der Waals surface area contributed by atoms with E-state index in [2.05, 4.69) is 10.6 Å². The Morgan fingerprint density at radius 1 is 1.28 bits per heavy atom. The lowest BCUT2D eigenvalue weighted by Gasteiger charge is -2.28. The van der Waals surface area contributed by atoms with Gasteiger partial charge in [-0.2, -0.15) is 0 Å². The molecular formula is C13H18N2O2S. The zero-order chi connectivity index (χ0) is 13.0. The molecule has 1 saturated carbocycles. The average Bonchev–Trinajstić information content (AvgIpc) is 2.34. The van der Waals surface area contributed by atoms with Crippen molar-refractivity contribution in [2.45, 2.75) is 25.3 Å². The van der Waals surface area contributed by atoms with Gasteiger partial charge < -0.3 is 20.1 Å². The highest BCUT2D eigenvalue weighted by Gasteiger charge is 2.18. The van der Waals surface area contributed by atoms with Gasteiger partial charge in [0.1, 0.15) is 11.5 Å². The Morgan fingerprint density at radius 3 is 2.61 bits per heavy atom. The molecule has 0 radical (unpaired) electrons. The second-order valence-corrected chi connectivity index (χ2v) is 4.70. The Morgan fingerprint density at radius 2 is 2.06 bits per heavy atom. The molecule has 2 rings (SSSR count). The highest BCUT2D eigenvalue weighted by Crippen LogP contribution is 2.29. The van der Waals surface area contributed by atoms with E-state index in [0.717, 1.165) is 17.2 Å². The summed E-state index contributed by atoms with van der Waals surface area (Å²) in [5, 5.41) is 7.06. The number of methoxy groups -OCH3 is 2. The van der Waals surface area contributed by atoms with E-state index in [9.17, 15) is 0 Å². The largest absolute Gasteiger partial charge is 0.497 e. The third-order valence-corrected chi connectivity index (χ3v) is 3.32. The van der Waals surface area contributed by atoms with Crippen LogP contribution in [0.2, 0.25) is 0 Å². The molecule has 1 aromatic carbocycles. The molecule has 0 aliphatic heterocycles. The normalized spacial score (nSPS) is 14.6. The first-order valence-electron chi connectivity index (χ1n) is 6.02. The van der Waals surface area contributed by atoms with Crippen LogP contribution >= 0.6 is 12.2 Å². The SMILES string of the molecule is COc1ccc(OC)c(NC(=S)NC2CCC2)c1. The third kappa shape index (κ3) is 3.04. The topological polar surface area (TPSA) is 42.5 Å². The van der Waals surface area contributed by atoms with Gasteiger partial charge in [-0.25, -0.2) is 0 Å².